The molecule has 0 spiro atoms. The maximum Gasteiger partial charge on any atom is 0.271 e. The maximum absolute atomic E-state index is 13.7. The number of hydrogen-bond donors (Lipinski definition) is 0. The van der Waals surface area contributed by atoms with Crippen LogP contribution in [0.1, 0.15) is 11.1 Å². The SMILES string of the molecule is N#Cc1ccc(COc2ccc([N+](=O)[O-])cc2Cl)c(F)c1. The highest BCUT2D eigenvalue weighted by atomic mass is 35.5. The Labute approximate surface area is 124 Å². The molecule has 21 heavy (non-hydrogen) atoms. The molecule has 0 aliphatic rings. The number of ether oxygens (including phenoxy) is 1. The van der Waals surface area contributed by atoms with Crippen LogP contribution in [0.15, 0.2) is 36.4 Å². The molecule has 2 aromatic carbocycles. The van der Waals surface area contributed by atoms with Crippen LogP contribution >= 0.6 is 11.6 Å². The van der Waals surface area contributed by atoms with Crippen molar-refractivity contribution < 1.29 is 14.1 Å². The average molecular weight is 307 g/mol. The second-order valence-electron chi connectivity index (χ2n) is 4.08. The van der Waals surface area contributed by atoms with Crippen molar-refractivity contribution in [2.45, 2.75) is 6.61 Å². The molecule has 7 heteroatoms. The van der Waals surface area contributed by atoms with Gasteiger partial charge in [0, 0.05) is 17.7 Å². The van der Waals surface area contributed by atoms with E-state index in [4.69, 9.17) is 21.6 Å². The van der Waals surface area contributed by atoms with Crippen molar-refractivity contribution in [2.24, 2.45) is 0 Å². The van der Waals surface area contributed by atoms with Gasteiger partial charge in [0.25, 0.3) is 5.69 Å². The summed E-state index contributed by atoms with van der Waals surface area (Å²) in [6.45, 7) is -0.102. The van der Waals surface area contributed by atoms with E-state index in [2.05, 4.69) is 0 Å². The van der Waals surface area contributed by atoms with Crippen LogP contribution in [0, 0.1) is 27.3 Å². The summed E-state index contributed by atoms with van der Waals surface area (Å²) >= 11 is 5.86. The van der Waals surface area contributed by atoms with E-state index in [-0.39, 0.29) is 34.2 Å². The maximum atomic E-state index is 13.7. The van der Waals surface area contributed by atoms with E-state index < -0.39 is 10.7 Å². The van der Waals surface area contributed by atoms with Crippen LogP contribution in [0.5, 0.6) is 5.75 Å². The number of benzene rings is 2. The monoisotopic (exact) mass is 306 g/mol. The molecule has 0 amide bonds. The molecule has 0 atom stereocenters. The van der Waals surface area contributed by atoms with Crippen LogP contribution in [0.4, 0.5) is 10.1 Å². The molecule has 5 nitrogen and oxygen atoms in total. The van der Waals surface area contributed by atoms with Crippen molar-refractivity contribution in [3.63, 3.8) is 0 Å². The molecule has 0 N–H and O–H groups in total. The van der Waals surface area contributed by atoms with Crippen LogP contribution < -0.4 is 4.74 Å². The number of non-ortho nitro benzene ring substituents is 1. The highest BCUT2D eigenvalue weighted by Gasteiger charge is 2.11. The smallest absolute Gasteiger partial charge is 0.271 e. The largest absolute Gasteiger partial charge is 0.487 e. The zero-order chi connectivity index (χ0) is 15.4. The number of halogens is 2. The average Bonchev–Trinajstić information content (AvgIpc) is 2.46. The van der Waals surface area contributed by atoms with E-state index in [9.17, 15) is 14.5 Å². The van der Waals surface area contributed by atoms with E-state index >= 15 is 0 Å². The molecular weight excluding hydrogens is 299 g/mol. The summed E-state index contributed by atoms with van der Waals surface area (Å²) in [6, 6.07) is 9.60. The Bertz CT molecular complexity index is 743. The van der Waals surface area contributed by atoms with Crippen molar-refractivity contribution >= 4 is 17.3 Å². The van der Waals surface area contributed by atoms with Gasteiger partial charge >= 0.3 is 0 Å². The zero-order valence-electron chi connectivity index (χ0n) is 10.5. The van der Waals surface area contributed by atoms with Crippen molar-refractivity contribution in [2.75, 3.05) is 0 Å². The van der Waals surface area contributed by atoms with Gasteiger partial charge in [-0.15, -0.1) is 0 Å². The quantitative estimate of drug-likeness (QED) is 0.635. The predicted molar refractivity (Wildman–Crippen MR) is 73.6 cm³/mol. The summed E-state index contributed by atoms with van der Waals surface area (Å²) in [4.78, 5) is 10.0. The summed E-state index contributed by atoms with van der Waals surface area (Å²) in [5, 5.41) is 19.3. The van der Waals surface area contributed by atoms with Crippen molar-refractivity contribution in [3.05, 3.63) is 68.5 Å². The highest BCUT2D eigenvalue weighted by molar-refractivity contribution is 6.32. The van der Waals surface area contributed by atoms with Gasteiger partial charge in [0.1, 0.15) is 18.2 Å². The van der Waals surface area contributed by atoms with Gasteiger partial charge in [-0.1, -0.05) is 17.7 Å². The third-order valence-corrected chi connectivity index (χ3v) is 2.99. The van der Waals surface area contributed by atoms with Gasteiger partial charge in [-0.05, 0) is 18.2 Å². The number of nitro benzene ring substituents is 1. The Morgan fingerprint density at radius 2 is 2.10 bits per heavy atom. The van der Waals surface area contributed by atoms with Gasteiger partial charge in [-0.2, -0.15) is 5.26 Å². The fourth-order valence-corrected chi connectivity index (χ4v) is 1.84. The van der Waals surface area contributed by atoms with Crippen LogP contribution in [0.2, 0.25) is 5.02 Å². The van der Waals surface area contributed by atoms with Gasteiger partial charge in [-0.25, -0.2) is 4.39 Å². The number of nitrogens with zero attached hydrogens (tertiary/aromatic N) is 2. The lowest BCUT2D eigenvalue weighted by Gasteiger charge is -2.08. The summed E-state index contributed by atoms with van der Waals surface area (Å²) in [5.74, 6) is -0.349. The molecule has 0 aliphatic carbocycles. The third-order valence-electron chi connectivity index (χ3n) is 2.69. The minimum Gasteiger partial charge on any atom is -0.487 e. The molecular formula is C14H8ClFN2O3. The topological polar surface area (TPSA) is 76.2 Å². The molecule has 0 bridgehead atoms. The minimum atomic E-state index is -0.573. The molecule has 0 aliphatic heterocycles. The first kappa shape index (κ1) is 14.8. The second kappa shape index (κ2) is 6.20. The lowest BCUT2D eigenvalue weighted by atomic mass is 10.1. The van der Waals surface area contributed by atoms with E-state index in [1.54, 1.807) is 0 Å². The van der Waals surface area contributed by atoms with Crippen LogP contribution in [0.3, 0.4) is 0 Å². The normalized spacial score (nSPS) is 9.95. The lowest BCUT2D eigenvalue weighted by molar-refractivity contribution is -0.384. The van der Waals surface area contributed by atoms with E-state index in [1.165, 1.54) is 24.3 Å². The molecule has 0 fully saturated rings. The van der Waals surface area contributed by atoms with E-state index in [0.29, 0.717) is 0 Å². The molecule has 106 valence electrons. The molecule has 0 saturated heterocycles. The minimum absolute atomic E-state index is 0.0678. The van der Waals surface area contributed by atoms with Gasteiger partial charge in [0.2, 0.25) is 0 Å². The van der Waals surface area contributed by atoms with E-state index in [1.807, 2.05) is 6.07 Å². The molecule has 0 radical (unpaired) electrons. The second-order valence-corrected chi connectivity index (χ2v) is 4.49. The van der Waals surface area contributed by atoms with Crippen LogP contribution in [0.25, 0.3) is 0 Å². The first-order chi connectivity index (χ1) is 10.0. The molecule has 0 aromatic heterocycles. The van der Waals surface area contributed by atoms with Crippen LogP contribution in [-0.4, -0.2) is 4.92 Å². The predicted octanol–water partition coefficient (Wildman–Crippen LogP) is 3.84. The Hall–Kier alpha value is -2.65. The first-order valence-corrected chi connectivity index (χ1v) is 6.14. The fourth-order valence-electron chi connectivity index (χ4n) is 1.61. The number of nitriles is 1. The standard InChI is InChI=1S/C14H8ClFN2O3/c15-12-6-11(18(19)20)3-4-14(12)21-8-10-2-1-9(7-17)5-13(10)16/h1-6H,8H2. The van der Waals surface area contributed by atoms with Gasteiger partial charge in [-0.3, -0.25) is 10.1 Å². The summed E-state index contributed by atoms with van der Waals surface area (Å²) in [7, 11) is 0. The van der Waals surface area contributed by atoms with E-state index in [0.717, 1.165) is 12.1 Å². The number of hydrogen-bond acceptors (Lipinski definition) is 4. The first-order valence-electron chi connectivity index (χ1n) is 5.76. The Kier molecular flexibility index (Phi) is 4.36. The van der Waals surface area contributed by atoms with Crippen molar-refractivity contribution in [1.82, 2.24) is 0 Å². The highest BCUT2D eigenvalue weighted by Crippen LogP contribution is 2.29. The zero-order valence-corrected chi connectivity index (χ0v) is 11.3. The van der Waals surface area contributed by atoms with Gasteiger partial charge in [0.05, 0.1) is 21.6 Å². The van der Waals surface area contributed by atoms with Crippen LogP contribution in [-0.2, 0) is 6.61 Å². The third kappa shape index (κ3) is 3.46. The Morgan fingerprint density at radius 3 is 2.67 bits per heavy atom. The molecule has 0 heterocycles. The van der Waals surface area contributed by atoms with Crippen molar-refractivity contribution in [1.29, 1.82) is 5.26 Å². The lowest BCUT2D eigenvalue weighted by Crippen LogP contribution is -2.00. The van der Waals surface area contributed by atoms with Crippen molar-refractivity contribution in [3.8, 4) is 11.8 Å². The molecule has 2 rings (SSSR count). The Morgan fingerprint density at radius 1 is 1.33 bits per heavy atom. The van der Waals surface area contributed by atoms with Gasteiger partial charge < -0.3 is 4.74 Å². The fraction of sp³-hybridized carbons (Fsp3) is 0.0714. The molecule has 0 saturated carbocycles. The molecule has 0 unspecified atom stereocenters. The number of rotatable bonds is 4. The summed E-state index contributed by atoms with van der Waals surface area (Å²) < 4.78 is 19.0. The summed E-state index contributed by atoms with van der Waals surface area (Å²) in [6.07, 6.45) is 0. The molecule has 2 aromatic rings. The Balaban J connectivity index is 2.13. The van der Waals surface area contributed by atoms with Gasteiger partial charge in [0.15, 0.2) is 0 Å². The number of nitro groups is 1. The summed E-state index contributed by atoms with van der Waals surface area (Å²) in [5.41, 5.74) is 0.310.